The second kappa shape index (κ2) is 5.29. The molecule has 0 aliphatic carbocycles. The van der Waals surface area contributed by atoms with Crippen molar-refractivity contribution in [1.29, 1.82) is 0 Å². The Hall–Kier alpha value is -1.11. The summed E-state index contributed by atoms with van der Waals surface area (Å²) in [6, 6.07) is 20.5. The van der Waals surface area contributed by atoms with E-state index in [0.717, 1.165) is 0 Å². The molecule has 1 atom stereocenters. The van der Waals surface area contributed by atoms with E-state index in [4.69, 9.17) is 0 Å². The summed E-state index contributed by atoms with van der Waals surface area (Å²) >= 11 is 0. The largest absolute Gasteiger partial charge is 0.397 e. The van der Waals surface area contributed by atoms with Crippen LogP contribution in [0.2, 0.25) is 0 Å². The molecule has 2 rings (SSSR count). The number of hydrogen-bond acceptors (Lipinski definition) is 1. The van der Waals surface area contributed by atoms with Crippen LogP contribution in [0.3, 0.4) is 0 Å². The summed E-state index contributed by atoms with van der Waals surface area (Å²) in [7, 11) is 1.21. The van der Waals surface area contributed by atoms with Gasteiger partial charge in [-0.3, -0.25) is 0 Å². The minimum absolute atomic E-state index is 0.320. The van der Waals surface area contributed by atoms with Crippen molar-refractivity contribution in [3.05, 3.63) is 60.7 Å². The van der Waals surface area contributed by atoms with Gasteiger partial charge < -0.3 is 5.11 Å². The van der Waals surface area contributed by atoms with Gasteiger partial charge in [0.1, 0.15) is 7.85 Å². The third kappa shape index (κ3) is 2.52. The molecule has 2 aromatic carbocycles. The van der Waals surface area contributed by atoms with Crippen molar-refractivity contribution in [2.75, 3.05) is 0 Å². The van der Waals surface area contributed by atoms with Gasteiger partial charge in [0.2, 0.25) is 0 Å². The van der Waals surface area contributed by atoms with Gasteiger partial charge in [-0.25, -0.2) is 0 Å². The van der Waals surface area contributed by atoms with Crippen molar-refractivity contribution in [3.8, 4) is 0 Å². The zero-order chi connectivity index (χ0) is 11.4. The number of aliphatic hydroxyl groups excluding tert-OH is 1. The van der Waals surface area contributed by atoms with E-state index in [0.29, 0.717) is 0 Å². The van der Waals surface area contributed by atoms with Gasteiger partial charge in [0.15, 0.2) is 0 Å². The number of hydrogen-bond donors (Lipinski definition) is 1. The van der Waals surface area contributed by atoms with Crippen molar-refractivity contribution in [2.45, 2.75) is 5.74 Å². The average molecular weight is 228 g/mol. The summed E-state index contributed by atoms with van der Waals surface area (Å²) in [6.45, 7) is 0. The minimum atomic E-state index is -0.654. The van der Waals surface area contributed by atoms with Crippen LogP contribution in [0, 0.1) is 0 Å². The van der Waals surface area contributed by atoms with Gasteiger partial charge in [0.25, 0.3) is 0 Å². The van der Waals surface area contributed by atoms with E-state index < -0.39 is 7.92 Å². The van der Waals surface area contributed by atoms with Crippen molar-refractivity contribution in [1.82, 2.24) is 0 Å². The first kappa shape index (κ1) is 11.4. The molecule has 16 heavy (non-hydrogen) atoms. The van der Waals surface area contributed by atoms with Crippen LogP contribution < -0.4 is 10.6 Å². The quantitative estimate of drug-likeness (QED) is 0.614. The summed E-state index contributed by atoms with van der Waals surface area (Å²) in [4.78, 5) is 0. The fourth-order valence-electron chi connectivity index (χ4n) is 1.76. The van der Waals surface area contributed by atoms with Gasteiger partial charge in [0, 0.05) is 5.74 Å². The molecule has 0 radical (unpaired) electrons. The SMILES string of the molecule is BC(O)P(c1ccccc1)c1ccccc1. The Morgan fingerprint density at radius 1 is 0.812 bits per heavy atom. The molecule has 0 spiro atoms. The molecule has 1 N–H and O–H groups in total. The molecule has 1 nitrogen and oxygen atoms in total. The van der Waals surface area contributed by atoms with Gasteiger partial charge in [-0.2, -0.15) is 0 Å². The van der Waals surface area contributed by atoms with Gasteiger partial charge in [-0.1, -0.05) is 60.7 Å². The highest BCUT2D eigenvalue weighted by Gasteiger charge is 2.17. The maximum Gasteiger partial charge on any atom is 0.145 e. The zero-order valence-corrected chi connectivity index (χ0v) is 10.1. The monoisotopic (exact) mass is 228 g/mol. The lowest BCUT2D eigenvalue weighted by Gasteiger charge is -2.21. The van der Waals surface area contributed by atoms with Crippen molar-refractivity contribution < 1.29 is 5.11 Å². The molecule has 0 aliphatic heterocycles. The maximum absolute atomic E-state index is 9.95. The molecule has 0 saturated carbocycles. The van der Waals surface area contributed by atoms with Gasteiger partial charge in [-0.05, 0) is 18.5 Å². The van der Waals surface area contributed by atoms with Crippen molar-refractivity contribution >= 4 is 26.4 Å². The fourth-order valence-corrected chi connectivity index (χ4v) is 3.91. The first-order valence-corrected chi connectivity index (χ1v) is 6.77. The van der Waals surface area contributed by atoms with E-state index in [1.165, 1.54) is 10.6 Å². The fraction of sp³-hybridized carbons (Fsp3) is 0.0769. The predicted octanol–water partition coefficient (Wildman–Crippen LogP) is 1.03. The van der Waals surface area contributed by atoms with Gasteiger partial charge in [-0.15, -0.1) is 0 Å². The number of benzene rings is 2. The molecule has 80 valence electrons. The topological polar surface area (TPSA) is 20.2 Å². The molecule has 0 saturated heterocycles. The Balaban J connectivity index is 2.40. The Morgan fingerprint density at radius 2 is 1.19 bits per heavy atom. The van der Waals surface area contributed by atoms with Crippen LogP contribution in [-0.2, 0) is 0 Å². The van der Waals surface area contributed by atoms with Crippen LogP contribution in [-0.4, -0.2) is 18.7 Å². The zero-order valence-electron chi connectivity index (χ0n) is 9.25. The third-order valence-corrected chi connectivity index (χ3v) is 4.90. The second-order valence-electron chi connectivity index (χ2n) is 3.67. The highest BCUT2D eigenvalue weighted by molar-refractivity contribution is 7.74. The van der Waals surface area contributed by atoms with Crippen LogP contribution >= 0.6 is 7.92 Å². The van der Waals surface area contributed by atoms with Crippen LogP contribution in [0.15, 0.2) is 60.7 Å². The van der Waals surface area contributed by atoms with E-state index in [-0.39, 0.29) is 5.74 Å². The smallest absolute Gasteiger partial charge is 0.145 e. The standard InChI is InChI=1S/C13H14BOP/c14-13(15)16(11-7-3-1-4-8-11)12-9-5-2-6-10-12/h1-10,13,15H,14H2. The molecule has 3 heteroatoms. The molecule has 0 aliphatic rings. The molecule has 2 aromatic rings. The Labute approximate surface area is 98.3 Å². The second-order valence-corrected chi connectivity index (χ2v) is 6.19. The lowest BCUT2D eigenvalue weighted by molar-refractivity contribution is 0.335. The first-order valence-electron chi connectivity index (χ1n) is 5.36. The van der Waals surface area contributed by atoms with Crippen molar-refractivity contribution in [3.63, 3.8) is 0 Å². The Kier molecular flexibility index (Phi) is 3.76. The highest BCUT2D eigenvalue weighted by Crippen LogP contribution is 2.35. The normalized spacial score (nSPS) is 12.6. The summed E-state index contributed by atoms with van der Waals surface area (Å²) in [5.41, 5.74) is 0. The minimum Gasteiger partial charge on any atom is -0.397 e. The molecular weight excluding hydrogens is 214 g/mol. The predicted molar refractivity (Wildman–Crippen MR) is 73.6 cm³/mol. The summed E-state index contributed by atoms with van der Waals surface area (Å²) in [6.07, 6.45) is 0. The molecule has 0 amide bonds. The Morgan fingerprint density at radius 3 is 1.50 bits per heavy atom. The molecular formula is C13H14BOP. The molecule has 0 aromatic heterocycles. The lowest BCUT2D eigenvalue weighted by atomic mass is 10.2. The van der Waals surface area contributed by atoms with Crippen LogP contribution in [0.4, 0.5) is 0 Å². The van der Waals surface area contributed by atoms with E-state index in [1.54, 1.807) is 0 Å². The van der Waals surface area contributed by atoms with E-state index in [1.807, 2.05) is 44.2 Å². The van der Waals surface area contributed by atoms with Crippen LogP contribution in [0.25, 0.3) is 0 Å². The Bertz CT molecular complexity index is 391. The number of rotatable bonds is 3. The van der Waals surface area contributed by atoms with Crippen LogP contribution in [0.1, 0.15) is 0 Å². The average Bonchev–Trinajstić information content (AvgIpc) is 2.31. The van der Waals surface area contributed by atoms with Gasteiger partial charge in [0.05, 0.1) is 0 Å². The molecule has 0 bridgehead atoms. The van der Waals surface area contributed by atoms with Gasteiger partial charge >= 0.3 is 0 Å². The molecule has 0 fully saturated rings. The molecule has 0 heterocycles. The van der Waals surface area contributed by atoms with E-state index in [9.17, 15) is 5.11 Å². The maximum atomic E-state index is 9.95. The third-order valence-electron chi connectivity index (χ3n) is 2.44. The molecule has 1 unspecified atom stereocenters. The van der Waals surface area contributed by atoms with Crippen LogP contribution in [0.5, 0.6) is 0 Å². The summed E-state index contributed by atoms with van der Waals surface area (Å²) in [5, 5.41) is 12.4. The summed E-state index contributed by atoms with van der Waals surface area (Å²) < 4.78 is 0. The van der Waals surface area contributed by atoms with E-state index >= 15 is 0 Å². The highest BCUT2D eigenvalue weighted by atomic mass is 31.1. The lowest BCUT2D eigenvalue weighted by Crippen LogP contribution is -2.21. The number of aliphatic hydroxyl groups is 1. The first-order chi connectivity index (χ1) is 7.79. The van der Waals surface area contributed by atoms with E-state index in [2.05, 4.69) is 24.3 Å². The summed E-state index contributed by atoms with van der Waals surface area (Å²) in [5.74, 6) is -0.320. The van der Waals surface area contributed by atoms with Crippen molar-refractivity contribution in [2.24, 2.45) is 0 Å².